The molecule has 1 aliphatic rings. The third kappa shape index (κ3) is 4.51. The van der Waals surface area contributed by atoms with Crippen molar-refractivity contribution in [3.05, 3.63) is 51.5 Å². The minimum Gasteiger partial charge on any atom is -0.506 e. The third-order valence-corrected chi connectivity index (χ3v) is 5.75. The number of nitrogens with zero attached hydrogens (tertiary/aromatic N) is 1. The van der Waals surface area contributed by atoms with Gasteiger partial charge in [-0.2, -0.15) is 0 Å². The predicted molar refractivity (Wildman–Crippen MR) is 117 cm³/mol. The van der Waals surface area contributed by atoms with Crippen LogP contribution in [-0.4, -0.2) is 37.8 Å². The van der Waals surface area contributed by atoms with Gasteiger partial charge in [-0.05, 0) is 72.8 Å². The summed E-state index contributed by atoms with van der Waals surface area (Å²) in [4.78, 5) is 2.32. The van der Waals surface area contributed by atoms with Gasteiger partial charge in [-0.3, -0.25) is 4.90 Å². The van der Waals surface area contributed by atoms with Gasteiger partial charge in [0.15, 0.2) is 0 Å². The molecular weight excluding hydrogens is 397 g/mol. The van der Waals surface area contributed by atoms with Crippen LogP contribution in [0.4, 0.5) is 0 Å². The van der Waals surface area contributed by atoms with E-state index in [0.29, 0.717) is 5.02 Å². The first-order chi connectivity index (χ1) is 13.0. The van der Waals surface area contributed by atoms with E-state index in [2.05, 4.69) is 31.0 Å². The summed E-state index contributed by atoms with van der Waals surface area (Å²) in [7, 11) is 5.55. The summed E-state index contributed by atoms with van der Waals surface area (Å²) in [6.07, 6.45) is 3.71. The van der Waals surface area contributed by atoms with Crippen molar-refractivity contribution in [1.29, 1.82) is 0 Å². The predicted octanol–water partition coefficient (Wildman–Crippen LogP) is 5.21. The van der Waals surface area contributed by atoms with Crippen molar-refractivity contribution in [3.63, 3.8) is 0 Å². The summed E-state index contributed by atoms with van der Waals surface area (Å²) in [6, 6.07) is 8.05. The van der Waals surface area contributed by atoms with Gasteiger partial charge in [0.2, 0.25) is 0 Å². The molecule has 0 unspecified atom stereocenters. The lowest BCUT2D eigenvalue weighted by atomic mass is 9.88. The van der Waals surface area contributed by atoms with Crippen LogP contribution in [0.15, 0.2) is 24.3 Å². The fourth-order valence-electron chi connectivity index (χ4n) is 3.96. The Labute approximate surface area is 178 Å². The number of benzene rings is 2. The van der Waals surface area contributed by atoms with Crippen molar-refractivity contribution in [1.82, 2.24) is 4.90 Å². The molecule has 0 fully saturated rings. The fraction of sp³-hybridized carbons (Fsp3) is 0.455. The SMILES string of the molecule is CCCc1cc(OC)c(C[C@@H]2c3cc(O)c(Cl)cc3CCN2C)cc1OC.Cl. The first-order valence-electron chi connectivity index (χ1n) is 9.43. The van der Waals surface area contributed by atoms with E-state index in [-0.39, 0.29) is 24.2 Å². The van der Waals surface area contributed by atoms with Crippen LogP contribution in [0.25, 0.3) is 0 Å². The number of rotatable bonds is 6. The summed E-state index contributed by atoms with van der Waals surface area (Å²) in [6.45, 7) is 3.11. The van der Waals surface area contributed by atoms with Crippen molar-refractivity contribution in [2.75, 3.05) is 27.8 Å². The molecule has 1 heterocycles. The number of hydrogen-bond acceptors (Lipinski definition) is 4. The molecule has 28 heavy (non-hydrogen) atoms. The van der Waals surface area contributed by atoms with Gasteiger partial charge < -0.3 is 14.6 Å². The highest BCUT2D eigenvalue weighted by atomic mass is 35.5. The van der Waals surface area contributed by atoms with Crippen LogP contribution in [0.1, 0.15) is 41.6 Å². The molecule has 0 bridgehead atoms. The summed E-state index contributed by atoms with van der Waals surface area (Å²) < 4.78 is 11.3. The minimum absolute atomic E-state index is 0. The first-order valence-corrected chi connectivity index (χ1v) is 9.81. The van der Waals surface area contributed by atoms with Crippen molar-refractivity contribution >= 4 is 24.0 Å². The fourth-order valence-corrected chi connectivity index (χ4v) is 4.14. The van der Waals surface area contributed by atoms with E-state index in [1.54, 1.807) is 14.2 Å². The number of likely N-dealkylation sites (N-methyl/N-ethyl adjacent to an activating group) is 1. The molecule has 0 saturated heterocycles. The van der Waals surface area contributed by atoms with Gasteiger partial charge in [-0.25, -0.2) is 0 Å². The van der Waals surface area contributed by atoms with Crippen LogP contribution < -0.4 is 9.47 Å². The van der Waals surface area contributed by atoms with Gasteiger partial charge in [0.05, 0.1) is 19.2 Å². The first kappa shape index (κ1) is 22.7. The van der Waals surface area contributed by atoms with Gasteiger partial charge in [0.25, 0.3) is 0 Å². The molecule has 0 radical (unpaired) electrons. The molecule has 2 aromatic rings. The maximum Gasteiger partial charge on any atom is 0.134 e. The Morgan fingerprint density at radius 1 is 1.11 bits per heavy atom. The molecule has 0 aromatic heterocycles. The van der Waals surface area contributed by atoms with E-state index in [4.69, 9.17) is 21.1 Å². The number of aryl methyl sites for hydroxylation is 1. The average molecular weight is 426 g/mol. The Bertz CT molecular complexity index is 826. The molecule has 1 atom stereocenters. The Morgan fingerprint density at radius 2 is 1.75 bits per heavy atom. The number of halogens is 2. The minimum atomic E-state index is 0. The topological polar surface area (TPSA) is 41.9 Å². The monoisotopic (exact) mass is 425 g/mol. The molecule has 2 aromatic carbocycles. The number of ether oxygens (including phenoxy) is 2. The van der Waals surface area contributed by atoms with Crippen LogP contribution >= 0.6 is 24.0 Å². The van der Waals surface area contributed by atoms with E-state index in [9.17, 15) is 5.11 Å². The summed E-state index contributed by atoms with van der Waals surface area (Å²) in [5.74, 6) is 1.93. The number of aromatic hydroxyl groups is 1. The molecule has 0 spiro atoms. The molecular formula is C22H29Cl2NO3. The molecule has 6 heteroatoms. The number of methoxy groups -OCH3 is 2. The molecule has 0 saturated carbocycles. The van der Waals surface area contributed by atoms with Crippen LogP contribution in [0.2, 0.25) is 5.02 Å². The van der Waals surface area contributed by atoms with Gasteiger partial charge in [-0.1, -0.05) is 24.9 Å². The highest BCUT2D eigenvalue weighted by Crippen LogP contribution is 2.39. The van der Waals surface area contributed by atoms with Gasteiger partial charge >= 0.3 is 0 Å². The standard InChI is InChI=1S/C22H28ClNO3.ClH/c1-5-6-15-11-22(27-4)16(12-21(15)26-3)10-19-17-13-20(25)18(23)9-14(17)7-8-24(19)2;/h9,11-13,19,25H,5-8,10H2,1-4H3;1H/t19-;/m1./s1. The van der Waals surface area contributed by atoms with Crippen molar-refractivity contribution < 1.29 is 14.6 Å². The normalized spacial score (nSPS) is 16.2. The van der Waals surface area contributed by atoms with E-state index >= 15 is 0 Å². The zero-order valence-corrected chi connectivity index (χ0v) is 18.5. The lowest BCUT2D eigenvalue weighted by molar-refractivity contribution is 0.227. The van der Waals surface area contributed by atoms with Crippen LogP contribution in [-0.2, 0) is 19.3 Å². The van der Waals surface area contributed by atoms with Gasteiger partial charge in [0.1, 0.15) is 17.2 Å². The molecule has 0 amide bonds. The number of phenols is 1. The summed E-state index contributed by atoms with van der Waals surface area (Å²) in [5.41, 5.74) is 4.61. The quantitative estimate of drug-likeness (QED) is 0.689. The van der Waals surface area contributed by atoms with E-state index < -0.39 is 0 Å². The van der Waals surface area contributed by atoms with E-state index in [1.165, 1.54) is 11.1 Å². The lowest BCUT2D eigenvalue weighted by Crippen LogP contribution is -2.33. The Hall–Kier alpha value is -1.62. The van der Waals surface area contributed by atoms with Crippen LogP contribution in [0.3, 0.4) is 0 Å². The molecule has 1 aliphatic heterocycles. The maximum absolute atomic E-state index is 10.1. The zero-order chi connectivity index (χ0) is 19.6. The summed E-state index contributed by atoms with van der Waals surface area (Å²) >= 11 is 6.12. The highest BCUT2D eigenvalue weighted by Gasteiger charge is 2.27. The molecule has 3 rings (SSSR count). The van der Waals surface area contributed by atoms with Gasteiger partial charge in [-0.15, -0.1) is 12.4 Å². The lowest BCUT2D eigenvalue weighted by Gasteiger charge is -2.35. The maximum atomic E-state index is 10.1. The third-order valence-electron chi connectivity index (χ3n) is 5.45. The largest absolute Gasteiger partial charge is 0.506 e. The number of hydrogen-bond donors (Lipinski definition) is 1. The molecule has 0 aliphatic carbocycles. The summed E-state index contributed by atoms with van der Waals surface area (Å²) in [5, 5.41) is 10.5. The average Bonchev–Trinajstić information content (AvgIpc) is 2.66. The van der Waals surface area contributed by atoms with E-state index in [0.717, 1.165) is 54.9 Å². The van der Waals surface area contributed by atoms with E-state index in [1.807, 2.05) is 12.1 Å². The van der Waals surface area contributed by atoms with Crippen molar-refractivity contribution in [2.45, 2.75) is 38.6 Å². The smallest absolute Gasteiger partial charge is 0.134 e. The van der Waals surface area contributed by atoms with Crippen LogP contribution in [0.5, 0.6) is 17.2 Å². The Kier molecular flexibility index (Phi) is 7.87. The Balaban J connectivity index is 0.00000280. The molecule has 4 nitrogen and oxygen atoms in total. The zero-order valence-electron chi connectivity index (χ0n) is 16.9. The second-order valence-electron chi connectivity index (χ2n) is 7.18. The second-order valence-corrected chi connectivity index (χ2v) is 7.59. The highest BCUT2D eigenvalue weighted by molar-refractivity contribution is 6.32. The van der Waals surface area contributed by atoms with Crippen LogP contribution in [0, 0.1) is 0 Å². The Morgan fingerprint density at radius 3 is 2.39 bits per heavy atom. The number of phenolic OH excluding ortho intramolecular Hbond substituents is 1. The van der Waals surface area contributed by atoms with Crippen molar-refractivity contribution in [2.24, 2.45) is 0 Å². The number of fused-ring (bicyclic) bond motifs is 1. The van der Waals surface area contributed by atoms with Gasteiger partial charge in [0, 0.05) is 12.6 Å². The molecule has 1 N–H and O–H groups in total. The second kappa shape index (κ2) is 9.73. The van der Waals surface area contributed by atoms with Crippen molar-refractivity contribution in [3.8, 4) is 17.2 Å². The molecule has 154 valence electrons.